The Kier molecular flexibility index (Phi) is 6.28. The zero-order chi connectivity index (χ0) is 15.1. The number of benzene rings is 1. The number of para-hydroxylation sites is 1. The summed E-state index contributed by atoms with van der Waals surface area (Å²) in [6.45, 7) is 5.84. The van der Waals surface area contributed by atoms with Crippen molar-refractivity contribution >= 4 is 46.5 Å². The Morgan fingerprint density at radius 1 is 1.19 bits per heavy atom. The van der Waals surface area contributed by atoms with Gasteiger partial charge < -0.3 is 5.32 Å². The molecule has 0 unspecified atom stereocenters. The van der Waals surface area contributed by atoms with Gasteiger partial charge in [0, 0.05) is 11.4 Å². The lowest BCUT2D eigenvalue weighted by molar-refractivity contribution is -0.113. The fourth-order valence-electron chi connectivity index (χ4n) is 1.34. The summed E-state index contributed by atoms with van der Waals surface area (Å²) < 4.78 is 1.71. The van der Waals surface area contributed by atoms with E-state index < -0.39 is 0 Å². The Bertz CT molecular complexity index is 613. The summed E-state index contributed by atoms with van der Waals surface area (Å²) in [5, 5.41) is 11.0. The standard InChI is InChI=1S/C14H15N3OS3/c1-10(2)8-19-13-16-17-14(21-13)20-9-12(18)15-11-6-4-3-5-7-11/h3-7H,1,8-9H2,2H3,(H,15,18). The van der Waals surface area contributed by atoms with E-state index >= 15 is 0 Å². The third kappa shape index (κ3) is 5.91. The number of anilines is 1. The summed E-state index contributed by atoms with van der Waals surface area (Å²) in [7, 11) is 0. The van der Waals surface area contributed by atoms with Gasteiger partial charge >= 0.3 is 0 Å². The summed E-state index contributed by atoms with van der Waals surface area (Å²) in [5.41, 5.74) is 1.91. The van der Waals surface area contributed by atoms with E-state index in [0.717, 1.165) is 25.7 Å². The fraction of sp³-hybridized carbons (Fsp3) is 0.214. The quantitative estimate of drug-likeness (QED) is 0.613. The number of carbonyl (C=O) groups is 1. The van der Waals surface area contributed by atoms with Gasteiger partial charge in [-0.3, -0.25) is 4.79 Å². The van der Waals surface area contributed by atoms with Gasteiger partial charge in [0.1, 0.15) is 0 Å². The SMILES string of the molecule is C=C(C)CSc1nnc(SCC(=O)Nc2ccccc2)s1. The summed E-state index contributed by atoms with van der Waals surface area (Å²) in [4.78, 5) is 11.8. The van der Waals surface area contributed by atoms with E-state index in [1.165, 1.54) is 23.1 Å². The maximum Gasteiger partial charge on any atom is 0.234 e. The van der Waals surface area contributed by atoms with Gasteiger partial charge in [-0.1, -0.05) is 65.2 Å². The Balaban J connectivity index is 1.77. The van der Waals surface area contributed by atoms with Crippen LogP contribution in [-0.4, -0.2) is 27.6 Å². The molecule has 2 rings (SSSR count). The summed E-state index contributed by atoms with van der Waals surface area (Å²) >= 11 is 4.52. The largest absolute Gasteiger partial charge is 0.325 e. The van der Waals surface area contributed by atoms with Gasteiger partial charge in [-0.15, -0.1) is 10.2 Å². The van der Waals surface area contributed by atoms with Crippen LogP contribution < -0.4 is 5.32 Å². The van der Waals surface area contributed by atoms with E-state index in [0.29, 0.717) is 5.75 Å². The minimum absolute atomic E-state index is 0.0439. The molecule has 0 radical (unpaired) electrons. The van der Waals surface area contributed by atoms with Crippen LogP contribution in [0.3, 0.4) is 0 Å². The van der Waals surface area contributed by atoms with Crippen molar-refractivity contribution in [1.29, 1.82) is 0 Å². The van der Waals surface area contributed by atoms with Crippen LogP contribution in [0, 0.1) is 0 Å². The second-order valence-corrected chi connectivity index (χ2v) is 7.70. The fourth-order valence-corrected chi connectivity index (χ4v) is 4.01. The molecular weight excluding hydrogens is 322 g/mol. The Morgan fingerprint density at radius 3 is 2.43 bits per heavy atom. The lowest BCUT2D eigenvalue weighted by Gasteiger charge is -2.02. The molecule has 4 nitrogen and oxygen atoms in total. The van der Waals surface area contributed by atoms with Crippen LogP contribution in [0.1, 0.15) is 6.92 Å². The maximum atomic E-state index is 11.8. The number of nitrogens with one attached hydrogen (secondary N) is 1. The molecule has 0 saturated heterocycles. The van der Waals surface area contributed by atoms with Crippen molar-refractivity contribution in [2.45, 2.75) is 15.6 Å². The highest BCUT2D eigenvalue weighted by Crippen LogP contribution is 2.29. The summed E-state index contributed by atoms with van der Waals surface area (Å²) in [5.74, 6) is 1.13. The molecule has 1 aromatic carbocycles. The molecule has 0 saturated carbocycles. The average Bonchev–Trinajstić information content (AvgIpc) is 2.92. The normalized spacial score (nSPS) is 10.3. The number of hydrogen-bond donors (Lipinski definition) is 1. The zero-order valence-electron chi connectivity index (χ0n) is 11.5. The van der Waals surface area contributed by atoms with Crippen LogP contribution >= 0.6 is 34.9 Å². The lowest BCUT2D eigenvalue weighted by Crippen LogP contribution is -2.13. The van der Waals surface area contributed by atoms with Crippen LogP contribution in [0.5, 0.6) is 0 Å². The topological polar surface area (TPSA) is 54.9 Å². The smallest absolute Gasteiger partial charge is 0.234 e. The van der Waals surface area contributed by atoms with Gasteiger partial charge in [0.15, 0.2) is 8.68 Å². The predicted molar refractivity (Wildman–Crippen MR) is 91.2 cm³/mol. The van der Waals surface area contributed by atoms with Crippen LogP contribution in [0.4, 0.5) is 5.69 Å². The highest BCUT2D eigenvalue weighted by Gasteiger charge is 2.08. The van der Waals surface area contributed by atoms with Gasteiger partial charge in [-0.2, -0.15) is 0 Å². The minimum atomic E-state index is -0.0439. The monoisotopic (exact) mass is 337 g/mol. The van der Waals surface area contributed by atoms with Gasteiger partial charge in [-0.05, 0) is 19.1 Å². The highest BCUT2D eigenvalue weighted by atomic mass is 32.2. The first kappa shape index (κ1) is 16.1. The van der Waals surface area contributed by atoms with Crippen LogP contribution in [0.15, 0.2) is 51.2 Å². The van der Waals surface area contributed by atoms with E-state index in [1.54, 1.807) is 11.8 Å². The van der Waals surface area contributed by atoms with Crippen LogP contribution in [-0.2, 0) is 4.79 Å². The molecule has 0 bridgehead atoms. The minimum Gasteiger partial charge on any atom is -0.325 e. The predicted octanol–water partition coefficient (Wildman–Crippen LogP) is 3.94. The van der Waals surface area contributed by atoms with Crippen molar-refractivity contribution < 1.29 is 4.79 Å². The molecule has 110 valence electrons. The molecule has 0 aliphatic carbocycles. The molecule has 1 amide bonds. The number of nitrogens with zero attached hydrogens (tertiary/aromatic N) is 2. The Labute approximate surface area is 136 Å². The Hall–Kier alpha value is -1.31. The van der Waals surface area contributed by atoms with Crippen molar-refractivity contribution in [3.05, 3.63) is 42.5 Å². The molecule has 0 aliphatic rings. The second kappa shape index (κ2) is 8.21. The first-order chi connectivity index (χ1) is 10.1. The first-order valence-corrected chi connectivity index (χ1v) is 9.00. The first-order valence-electron chi connectivity index (χ1n) is 6.22. The number of rotatable bonds is 7. The van der Waals surface area contributed by atoms with E-state index in [1.807, 2.05) is 37.3 Å². The molecule has 7 heteroatoms. The zero-order valence-corrected chi connectivity index (χ0v) is 14.0. The second-order valence-electron chi connectivity index (χ2n) is 4.28. The summed E-state index contributed by atoms with van der Waals surface area (Å²) in [6.07, 6.45) is 0. The molecule has 1 N–H and O–H groups in total. The number of hydrogen-bond acceptors (Lipinski definition) is 6. The maximum absolute atomic E-state index is 11.8. The van der Waals surface area contributed by atoms with E-state index in [4.69, 9.17) is 0 Å². The number of amides is 1. The molecule has 2 aromatic rings. The number of aromatic nitrogens is 2. The average molecular weight is 337 g/mol. The van der Waals surface area contributed by atoms with E-state index in [9.17, 15) is 4.79 Å². The van der Waals surface area contributed by atoms with E-state index in [2.05, 4.69) is 22.1 Å². The van der Waals surface area contributed by atoms with Crippen LogP contribution in [0.25, 0.3) is 0 Å². The molecule has 1 aromatic heterocycles. The molecule has 0 aliphatic heterocycles. The van der Waals surface area contributed by atoms with Crippen molar-refractivity contribution in [3.8, 4) is 0 Å². The Morgan fingerprint density at radius 2 is 1.81 bits per heavy atom. The van der Waals surface area contributed by atoms with Crippen molar-refractivity contribution in [2.24, 2.45) is 0 Å². The van der Waals surface area contributed by atoms with Gasteiger partial charge in [-0.25, -0.2) is 0 Å². The number of carbonyl (C=O) groups excluding carboxylic acids is 1. The van der Waals surface area contributed by atoms with Gasteiger partial charge in [0.2, 0.25) is 5.91 Å². The van der Waals surface area contributed by atoms with Gasteiger partial charge in [0.25, 0.3) is 0 Å². The molecule has 21 heavy (non-hydrogen) atoms. The highest BCUT2D eigenvalue weighted by molar-refractivity contribution is 8.03. The van der Waals surface area contributed by atoms with Crippen LogP contribution in [0.2, 0.25) is 0 Å². The number of thioether (sulfide) groups is 2. The molecule has 0 spiro atoms. The molecular formula is C14H15N3OS3. The van der Waals surface area contributed by atoms with Crippen molar-refractivity contribution in [3.63, 3.8) is 0 Å². The molecule has 1 heterocycles. The third-order valence-electron chi connectivity index (χ3n) is 2.21. The molecule has 0 atom stereocenters. The lowest BCUT2D eigenvalue weighted by atomic mass is 10.3. The van der Waals surface area contributed by atoms with Gasteiger partial charge in [0.05, 0.1) is 5.75 Å². The van der Waals surface area contributed by atoms with Crippen molar-refractivity contribution in [1.82, 2.24) is 10.2 Å². The summed E-state index contributed by atoms with van der Waals surface area (Å²) in [6, 6.07) is 9.41. The van der Waals surface area contributed by atoms with Crippen molar-refractivity contribution in [2.75, 3.05) is 16.8 Å². The third-order valence-corrected chi connectivity index (χ3v) is 5.63. The van der Waals surface area contributed by atoms with E-state index in [-0.39, 0.29) is 5.91 Å². The molecule has 0 fully saturated rings.